The molecule has 6 heteroatoms. The number of hydrogen-bond acceptors (Lipinski definition) is 3. The molecule has 0 radical (unpaired) electrons. The summed E-state index contributed by atoms with van der Waals surface area (Å²) in [5.74, 6) is -0.949. The zero-order chi connectivity index (χ0) is 11.7. The molecular weight excluding hydrogens is 361 g/mol. The Morgan fingerprint density at radius 2 is 2.25 bits per heavy atom. The average molecular weight is 366 g/mol. The van der Waals surface area contributed by atoms with Crippen LogP contribution in [0, 0.1) is 3.57 Å². The second-order valence-electron chi connectivity index (χ2n) is 2.99. The molecule has 0 saturated carbocycles. The van der Waals surface area contributed by atoms with Gasteiger partial charge in [-0.3, -0.25) is 0 Å². The van der Waals surface area contributed by atoms with Crippen LogP contribution >= 0.6 is 45.7 Å². The molecule has 0 atom stereocenters. The van der Waals surface area contributed by atoms with Crippen molar-refractivity contribution in [3.63, 3.8) is 0 Å². The minimum atomic E-state index is -0.949. The quantitative estimate of drug-likeness (QED) is 0.824. The van der Waals surface area contributed by atoms with Crippen molar-refractivity contribution in [1.29, 1.82) is 0 Å². The Morgan fingerprint density at radius 3 is 2.81 bits per heavy atom. The fraction of sp³-hybridized carbons (Fsp3) is 0. The maximum Gasteiger partial charge on any atom is 0.348 e. The molecular formula is C10H5ClINO2S. The van der Waals surface area contributed by atoms with Gasteiger partial charge in [0.2, 0.25) is 0 Å². The number of carboxylic acids is 1. The Balaban J connectivity index is 2.53. The van der Waals surface area contributed by atoms with E-state index in [4.69, 9.17) is 16.7 Å². The third kappa shape index (κ3) is 2.21. The van der Waals surface area contributed by atoms with E-state index in [0.717, 1.165) is 17.1 Å². The lowest BCUT2D eigenvalue weighted by molar-refractivity contribution is 0.0701. The minimum absolute atomic E-state index is 0.260. The Kier molecular flexibility index (Phi) is 3.46. The molecule has 2 aromatic rings. The van der Waals surface area contributed by atoms with Crippen molar-refractivity contribution >= 4 is 51.7 Å². The van der Waals surface area contributed by atoms with Crippen molar-refractivity contribution in [2.24, 2.45) is 0 Å². The molecule has 3 nitrogen and oxygen atoms in total. The van der Waals surface area contributed by atoms with E-state index in [-0.39, 0.29) is 4.88 Å². The highest BCUT2D eigenvalue weighted by molar-refractivity contribution is 14.1. The SMILES string of the molecule is O=C(O)c1snc(-c2cccc(Cl)c2)c1I. The highest BCUT2D eigenvalue weighted by atomic mass is 127. The minimum Gasteiger partial charge on any atom is -0.477 e. The molecule has 16 heavy (non-hydrogen) atoms. The molecule has 0 fully saturated rings. The fourth-order valence-corrected chi connectivity index (χ4v) is 3.17. The molecule has 0 amide bonds. The molecule has 1 aromatic heterocycles. The number of carboxylic acid groups (broad SMARTS) is 1. The maximum atomic E-state index is 10.9. The molecule has 0 aliphatic heterocycles. The zero-order valence-corrected chi connectivity index (χ0v) is 11.5. The predicted molar refractivity (Wildman–Crippen MR) is 72.2 cm³/mol. The van der Waals surface area contributed by atoms with Gasteiger partial charge in [0, 0.05) is 10.6 Å². The third-order valence-electron chi connectivity index (χ3n) is 1.93. The molecule has 0 aliphatic rings. The number of carbonyl (C=O) groups is 1. The van der Waals surface area contributed by atoms with E-state index in [2.05, 4.69) is 4.37 Å². The number of hydrogen-bond donors (Lipinski definition) is 1. The molecule has 1 N–H and O–H groups in total. The predicted octanol–water partition coefficient (Wildman–Crippen LogP) is 3.77. The molecule has 0 aliphatic carbocycles. The van der Waals surface area contributed by atoms with E-state index in [1.165, 1.54) is 0 Å². The van der Waals surface area contributed by atoms with Gasteiger partial charge in [0.05, 0.1) is 9.26 Å². The van der Waals surface area contributed by atoms with E-state index in [0.29, 0.717) is 14.3 Å². The summed E-state index contributed by atoms with van der Waals surface area (Å²) in [4.78, 5) is 11.1. The molecule has 2 rings (SSSR count). The summed E-state index contributed by atoms with van der Waals surface area (Å²) in [6, 6.07) is 7.20. The van der Waals surface area contributed by atoms with Crippen molar-refractivity contribution in [2.75, 3.05) is 0 Å². The van der Waals surface area contributed by atoms with Crippen LogP contribution in [0.4, 0.5) is 0 Å². The highest BCUT2D eigenvalue weighted by Gasteiger charge is 2.17. The van der Waals surface area contributed by atoms with Gasteiger partial charge in [-0.05, 0) is 46.3 Å². The number of rotatable bonds is 2. The molecule has 0 bridgehead atoms. The molecule has 0 saturated heterocycles. The Morgan fingerprint density at radius 1 is 1.50 bits per heavy atom. The van der Waals surface area contributed by atoms with Crippen molar-refractivity contribution in [2.45, 2.75) is 0 Å². The highest BCUT2D eigenvalue weighted by Crippen LogP contribution is 2.30. The Labute approximate surface area is 114 Å². The van der Waals surface area contributed by atoms with Gasteiger partial charge in [-0.15, -0.1) is 0 Å². The van der Waals surface area contributed by atoms with Crippen molar-refractivity contribution < 1.29 is 9.90 Å². The van der Waals surface area contributed by atoms with Gasteiger partial charge in [0.15, 0.2) is 0 Å². The summed E-state index contributed by atoms with van der Waals surface area (Å²) in [5.41, 5.74) is 1.51. The summed E-state index contributed by atoms with van der Waals surface area (Å²) in [7, 11) is 0. The lowest BCUT2D eigenvalue weighted by atomic mass is 10.1. The number of aromatic nitrogens is 1. The molecule has 1 aromatic carbocycles. The zero-order valence-electron chi connectivity index (χ0n) is 7.78. The summed E-state index contributed by atoms with van der Waals surface area (Å²) < 4.78 is 4.79. The van der Waals surface area contributed by atoms with Crippen LogP contribution in [-0.4, -0.2) is 15.4 Å². The van der Waals surface area contributed by atoms with Crippen LogP contribution in [0.2, 0.25) is 5.02 Å². The summed E-state index contributed by atoms with van der Waals surface area (Å²) >= 11 is 8.85. The van der Waals surface area contributed by atoms with Gasteiger partial charge < -0.3 is 5.11 Å². The molecule has 0 unspecified atom stereocenters. The van der Waals surface area contributed by atoms with Crippen LogP contribution in [0.25, 0.3) is 11.3 Å². The first-order valence-corrected chi connectivity index (χ1v) is 6.47. The third-order valence-corrected chi connectivity index (χ3v) is 4.41. The second-order valence-corrected chi connectivity index (χ2v) is 5.28. The summed E-state index contributed by atoms with van der Waals surface area (Å²) in [6.07, 6.45) is 0. The van der Waals surface area contributed by atoms with Crippen LogP contribution in [0.3, 0.4) is 0 Å². The number of aromatic carboxylic acids is 1. The van der Waals surface area contributed by atoms with Crippen molar-refractivity contribution in [1.82, 2.24) is 4.37 Å². The van der Waals surface area contributed by atoms with Crippen LogP contribution < -0.4 is 0 Å². The fourth-order valence-electron chi connectivity index (χ4n) is 1.23. The van der Waals surface area contributed by atoms with E-state index in [1.54, 1.807) is 12.1 Å². The summed E-state index contributed by atoms with van der Waals surface area (Å²) in [6.45, 7) is 0. The largest absolute Gasteiger partial charge is 0.477 e. The lowest BCUT2D eigenvalue weighted by Gasteiger charge is -1.98. The normalized spacial score (nSPS) is 10.4. The van der Waals surface area contributed by atoms with E-state index in [9.17, 15) is 4.79 Å². The van der Waals surface area contributed by atoms with E-state index >= 15 is 0 Å². The number of nitrogens with zero attached hydrogens (tertiary/aromatic N) is 1. The smallest absolute Gasteiger partial charge is 0.348 e. The molecule has 1 heterocycles. The topological polar surface area (TPSA) is 50.2 Å². The van der Waals surface area contributed by atoms with Crippen LogP contribution in [-0.2, 0) is 0 Å². The Hall–Kier alpha value is -0.660. The first-order chi connectivity index (χ1) is 7.59. The van der Waals surface area contributed by atoms with Crippen LogP contribution in [0.5, 0.6) is 0 Å². The van der Waals surface area contributed by atoms with Gasteiger partial charge in [0.1, 0.15) is 4.88 Å². The van der Waals surface area contributed by atoms with Crippen LogP contribution in [0.15, 0.2) is 24.3 Å². The standard InChI is InChI=1S/C10H5ClINO2S/c11-6-3-1-2-5(4-6)8-7(12)9(10(14)15)16-13-8/h1-4H,(H,14,15). The molecule has 0 spiro atoms. The summed E-state index contributed by atoms with van der Waals surface area (Å²) in [5, 5.41) is 9.53. The first-order valence-electron chi connectivity index (χ1n) is 4.24. The van der Waals surface area contributed by atoms with Gasteiger partial charge in [0.25, 0.3) is 0 Å². The number of halogens is 2. The van der Waals surface area contributed by atoms with E-state index in [1.807, 2.05) is 34.7 Å². The van der Waals surface area contributed by atoms with Gasteiger partial charge in [-0.25, -0.2) is 4.79 Å². The van der Waals surface area contributed by atoms with Crippen molar-refractivity contribution in [3.8, 4) is 11.3 Å². The Bertz CT molecular complexity index is 556. The van der Waals surface area contributed by atoms with Gasteiger partial charge >= 0.3 is 5.97 Å². The monoisotopic (exact) mass is 365 g/mol. The first kappa shape index (κ1) is 11.8. The lowest BCUT2D eigenvalue weighted by Crippen LogP contribution is -1.94. The second kappa shape index (κ2) is 4.68. The van der Waals surface area contributed by atoms with Gasteiger partial charge in [-0.2, -0.15) is 4.37 Å². The average Bonchev–Trinajstić information content (AvgIpc) is 2.60. The van der Waals surface area contributed by atoms with Crippen LogP contribution in [0.1, 0.15) is 9.67 Å². The maximum absolute atomic E-state index is 10.9. The molecule has 82 valence electrons. The van der Waals surface area contributed by atoms with E-state index < -0.39 is 5.97 Å². The van der Waals surface area contributed by atoms with Gasteiger partial charge in [-0.1, -0.05) is 23.7 Å². The number of benzene rings is 1. The van der Waals surface area contributed by atoms with Crippen molar-refractivity contribution in [3.05, 3.63) is 37.7 Å².